The van der Waals surface area contributed by atoms with Crippen molar-refractivity contribution >= 4 is 40.6 Å². The summed E-state index contributed by atoms with van der Waals surface area (Å²) in [5, 5.41) is 13.7. The van der Waals surface area contributed by atoms with Gasteiger partial charge in [-0.2, -0.15) is 0 Å². The van der Waals surface area contributed by atoms with Crippen molar-refractivity contribution in [3.8, 4) is 0 Å². The Labute approximate surface area is 136 Å². The first-order valence-corrected chi connectivity index (χ1v) is 7.84. The van der Waals surface area contributed by atoms with E-state index >= 15 is 0 Å². The molecule has 0 atom stereocenters. The number of para-hydroxylation sites is 1. The zero-order valence-electron chi connectivity index (χ0n) is 11.5. The van der Waals surface area contributed by atoms with Gasteiger partial charge in [0.2, 0.25) is 5.91 Å². The molecule has 2 rings (SSSR count). The lowest BCUT2D eigenvalue weighted by Gasteiger charge is -2.06. The zero-order valence-corrected chi connectivity index (χ0v) is 13.1. The number of anilines is 1. The standard InChI is InChI=1S/C15H13ClN2O3S/c16-13-10-12(18(20)21)6-7-14(13)22-9-8-15(19)17-11-4-2-1-3-5-11/h1-7,10H,8-9H2,(H,17,19). The van der Waals surface area contributed by atoms with E-state index < -0.39 is 4.92 Å². The van der Waals surface area contributed by atoms with Crippen LogP contribution in [-0.2, 0) is 4.79 Å². The number of hydrogen-bond acceptors (Lipinski definition) is 4. The van der Waals surface area contributed by atoms with Gasteiger partial charge in [-0.1, -0.05) is 29.8 Å². The van der Waals surface area contributed by atoms with E-state index in [0.29, 0.717) is 17.2 Å². The van der Waals surface area contributed by atoms with E-state index in [4.69, 9.17) is 11.6 Å². The smallest absolute Gasteiger partial charge is 0.270 e. The number of non-ortho nitro benzene ring substituents is 1. The second kappa shape index (κ2) is 7.82. The Kier molecular flexibility index (Phi) is 5.80. The molecule has 0 aliphatic heterocycles. The Bertz CT molecular complexity index is 680. The summed E-state index contributed by atoms with van der Waals surface area (Å²) in [6.07, 6.45) is 0.326. The van der Waals surface area contributed by atoms with E-state index in [-0.39, 0.29) is 11.6 Å². The monoisotopic (exact) mass is 336 g/mol. The van der Waals surface area contributed by atoms with Crippen molar-refractivity contribution in [2.45, 2.75) is 11.3 Å². The fraction of sp³-hybridized carbons (Fsp3) is 0.133. The second-order valence-corrected chi connectivity index (χ2v) is 5.93. The molecule has 0 heterocycles. The number of nitrogens with zero attached hydrogens (tertiary/aromatic N) is 1. The average molecular weight is 337 g/mol. The van der Waals surface area contributed by atoms with Crippen molar-refractivity contribution in [1.29, 1.82) is 0 Å². The van der Waals surface area contributed by atoms with Crippen LogP contribution in [-0.4, -0.2) is 16.6 Å². The van der Waals surface area contributed by atoms with Gasteiger partial charge < -0.3 is 5.32 Å². The first-order valence-electron chi connectivity index (χ1n) is 6.48. The normalized spacial score (nSPS) is 10.2. The van der Waals surface area contributed by atoms with Crippen molar-refractivity contribution in [2.75, 3.05) is 11.1 Å². The van der Waals surface area contributed by atoms with E-state index in [9.17, 15) is 14.9 Å². The van der Waals surface area contributed by atoms with Crippen molar-refractivity contribution in [2.24, 2.45) is 0 Å². The first kappa shape index (κ1) is 16.3. The molecule has 0 bridgehead atoms. The molecule has 0 saturated carbocycles. The molecule has 1 amide bonds. The molecule has 7 heteroatoms. The fourth-order valence-electron chi connectivity index (χ4n) is 1.72. The Balaban J connectivity index is 1.83. The Morgan fingerprint density at radius 2 is 1.95 bits per heavy atom. The van der Waals surface area contributed by atoms with E-state index in [2.05, 4.69) is 5.32 Å². The van der Waals surface area contributed by atoms with Gasteiger partial charge in [0.25, 0.3) is 5.69 Å². The maximum Gasteiger partial charge on any atom is 0.270 e. The third kappa shape index (κ3) is 4.75. The maximum absolute atomic E-state index is 11.8. The number of thioether (sulfide) groups is 1. The number of nitro benzene ring substituents is 1. The van der Waals surface area contributed by atoms with Crippen LogP contribution in [0.25, 0.3) is 0 Å². The highest BCUT2D eigenvalue weighted by Gasteiger charge is 2.10. The molecule has 0 unspecified atom stereocenters. The van der Waals surface area contributed by atoms with Gasteiger partial charge in [0.05, 0.1) is 9.95 Å². The quantitative estimate of drug-likeness (QED) is 0.483. The van der Waals surface area contributed by atoms with Gasteiger partial charge >= 0.3 is 0 Å². The number of hydrogen-bond donors (Lipinski definition) is 1. The Morgan fingerprint density at radius 3 is 2.59 bits per heavy atom. The number of halogens is 1. The maximum atomic E-state index is 11.8. The zero-order chi connectivity index (χ0) is 15.9. The van der Waals surface area contributed by atoms with Crippen LogP contribution in [0.4, 0.5) is 11.4 Å². The molecule has 22 heavy (non-hydrogen) atoms. The van der Waals surface area contributed by atoms with E-state index in [0.717, 1.165) is 10.6 Å². The summed E-state index contributed by atoms with van der Waals surface area (Å²) in [7, 11) is 0. The molecular formula is C15H13ClN2O3S. The lowest BCUT2D eigenvalue weighted by molar-refractivity contribution is -0.384. The fourth-order valence-corrected chi connectivity index (χ4v) is 2.93. The summed E-state index contributed by atoms with van der Waals surface area (Å²) in [6, 6.07) is 13.5. The first-order chi connectivity index (χ1) is 10.6. The molecule has 0 fully saturated rings. The molecule has 0 aromatic heterocycles. The molecule has 0 aliphatic rings. The number of carbonyl (C=O) groups is 1. The topological polar surface area (TPSA) is 72.2 Å². The van der Waals surface area contributed by atoms with Gasteiger partial charge in [-0.15, -0.1) is 11.8 Å². The molecule has 0 aliphatic carbocycles. The Morgan fingerprint density at radius 1 is 1.23 bits per heavy atom. The molecule has 114 valence electrons. The highest BCUT2D eigenvalue weighted by atomic mass is 35.5. The number of nitrogens with one attached hydrogen (secondary N) is 1. The van der Waals surface area contributed by atoms with Crippen molar-refractivity contribution in [3.05, 3.63) is 63.7 Å². The van der Waals surface area contributed by atoms with Crippen LogP contribution in [0.15, 0.2) is 53.4 Å². The summed E-state index contributed by atoms with van der Waals surface area (Å²) in [5.41, 5.74) is 0.710. The SMILES string of the molecule is O=C(CCSc1ccc([N+](=O)[O-])cc1Cl)Nc1ccccc1. The Hall–Kier alpha value is -2.05. The minimum atomic E-state index is -0.492. The van der Waals surface area contributed by atoms with Crippen molar-refractivity contribution in [3.63, 3.8) is 0 Å². The second-order valence-electron chi connectivity index (χ2n) is 4.38. The highest BCUT2D eigenvalue weighted by Crippen LogP contribution is 2.30. The third-order valence-electron chi connectivity index (χ3n) is 2.77. The number of amides is 1. The molecule has 0 saturated heterocycles. The molecular weight excluding hydrogens is 324 g/mol. The van der Waals surface area contributed by atoms with Crippen LogP contribution in [0.3, 0.4) is 0 Å². The number of nitro groups is 1. The van der Waals surface area contributed by atoms with Crippen molar-refractivity contribution in [1.82, 2.24) is 0 Å². The number of carbonyl (C=O) groups excluding carboxylic acids is 1. The summed E-state index contributed by atoms with van der Waals surface area (Å²) >= 11 is 7.38. The molecule has 2 aromatic rings. The van der Waals surface area contributed by atoms with Gasteiger partial charge in [0.1, 0.15) is 0 Å². The number of benzene rings is 2. The van der Waals surface area contributed by atoms with E-state index in [1.165, 1.54) is 23.9 Å². The summed E-state index contributed by atoms with van der Waals surface area (Å²) in [5.74, 6) is 0.452. The van der Waals surface area contributed by atoms with Gasteiger partial charge in [0.15, 0.2) is 0 Å². The largest absolute Gasteiger partial charge is 0.326 e. The summed E-state index contributed by atoms with van der Waals surface area (Å²) in [6.45, 7) is 0. The van der Waals surface area contributed by atoms with Gasteiger partial charge in [-0.05, 0) is 18.2 Å². The molecule has 1 N–H and O–H groups in total. The molecule has 0 spiro atoms. The third-order valence-corrected chi connectivity index (χ3v) is 4.27. The summed E-state index contributed by atoms with van der Waals surface area (Å²) in [4.78, 5) is 22.6. The number of rotatable bonds is 6. The van der Waals surface area contributed by atoms with E-state index in [1.807, 2.05) is 30.3 Å². The molecule has 5 nitrogen and oxygen atoms in total. The van der Waals surface area contributed by atoms with Crippen LogP contribution < -0.4 is 5.32 Å². The van der Waals surface area contributed by atoms with Gasteiger partial charge in [0, 0.05) is 34.9 Å². The van der Waals surface area contributed by atoms with Crippen LogP contribution >= 0.6 is 23.4 Å². The minimum Gasteiger partial charge on any atom is -0.326 e. The predicted molar refractivity (Wildman–Crippen MR) is 88.5 cm³/mol. The van der Waals surface area contributed by atoms with Crippen LogP contribution in [0, 0.1) is 10.1 Å². The van der Waals surface area contributed by atoms with E-state index in [1.54, 1.807) is 6.07 Å². The molecule has 2 aromatic carbocycles. The van der Waals surface area contributed by atoms with Crippen molar-refractivity contribution < 1.29 is 9.72 Å². The lowest BCUT2D eigenvalue weighted by atomic mass is 10.3. The van der Waals surface area contributed by atoms with Crippen LogP contribution in [0.5, 0.6) is 0 Å². The lowest BCUT2D eigenvalue weighted by Crippen LogP contribution is -2.11. The van der Waals surface area contributed by atoms with Gasteiger partial charge in [-0.3, -0.25) is 14.9 Å². The minimum absolute atomic E-state index is 0.0452. The predicted octanol–water partition coefficient (Wildman–Crippen LogP) is 4.37. The highest BCUT2D eigenvalue weighted by molar-refractivity contribution is 7.99. The molecule has 0 radical (unpaired) electrons. The summed E-state index contributed by atoms with van der Waals surface area (Å²) < 4.78 is 0. The van der Waals surface area contributed by atoms with Gasteiger partial charge in [-0.25, -0.2) is 0 Å². The van der Waals surface area contributed by atoms with Crippen LogP contribution in [0.2, 0.25) is 5.02 Å². The van der Waals surface area contributed by atoms with Crippen LogP contribution in [0.1, 0.15) is 6.42 Å². The average Bonchev–Trinajstić information content (AvgIpc) is 2.49.